The summed E-state index contributed by atoms with van der Waals surface area (Å²) in [5, 5.41) is 1.14. The van der Waals surface area contributed by atoms with Gasteiger partial charge in [0.05, 0.1) is 34.5 Å². The van der Waals surface area contributed by atoms with Crippen molar-refractivity contribution < 1.29 is 9.53 Å². The number of fused-ring (bicyclic) bond motifs is 2. The van der Waals surface area contributed by atoms with E-state index < -0.39 is 12.0 Å². The highest BCUT2D eigenvalue weighted by Crippen LogP contribution is 2.34. The van der Waals surface area contributed by atoms with E-state index in [1.165, 1.54) is 35.1 Å². The Balaban J connectivity index is 1.78. The SMILES string of the molecule is CC[C@@H](C)n1c(C)c(/C=c2\sc3n(c2=O)[C@H](c2ccc(C(C)C)cc2)C(C(=O)OC)=C(C)N=3)c2cccc(C)c21. The second-order valence-corrected chi connectivity index (χ2v) is 12.0. The molecule has 208 valence electrons. The molecule has 0 amide bonds. The molecule has 0 spiro atoms. The number of hydrogen-bond acceptors (Lipinski definition) is 5. The number of rotatable bonds is 6. The van der Waals surface area contributed by atoms with Gasteiger partial charge in [-0.3, -0.25) is 9.36 Å². The molecule has 0 saturated carbocycles. The van der Waals surface area contributed by atoms with E-state index in [0.29, 0.717) is 32.6 Å². The number of aromatic nitrogens is 2. The van der Waals surface area contributed by atoms with Crippen LogP contribution < -0.4 is 14.9 Å². The Morgan fingerprint density at radius 2 is 1.80 bits per heavy atom. The molecule has 2 aromatic carbocycles. The van der Waals surface area contributed by atoms with Crippen molar-refractivity contribution in [2.24, 2.45) is 4.99 Å². The van der Waals surface area contributed by atoms with Gasteiger partial charge in [-0.05, 0) is 62.8 Å². The third-order valence-electron chi connectivity index (χ3n) is 8.17. The molecule has 0 bridgehead atoms. The molecule has 0 unspecified atom stereocenters. The third-order valence-corrected chi connectivity index (χ3v) is 9.16. The first-order valence-corrected chi connectivity index (χ1v) is 14.7. The summed E-state index contributed by atoms with van der Waals surface area (Å²) in [5.74, 6) is -0.103. The lowest BCUT2D eigenvalue weighted by Crippen LogP contribution is -2.39. The van der Waals surface area contributed by atoms with Gasteiger partial charge in [0.25, 0.3) is 5.56 Å². The van der Waals surface area contributed by atoms with Gasteiger partial charge in [-0.2, -0.15) is 0 Å². The second-order valence-electron chi connectivity index (χ2n) is 11.0. The van der Waals surface area contributed by atoms with Gasteiger partial charge >= 0.3 is 5.97 Å². The predicted octanol–water partition coefficient (Wildman–Crippen LogP) is 6.07. The average molecular weight is 556 g/mol. The fourth-order valence-electron chi connectivity index (χ4n) is 5.81. The molecule has 40 heavy (non-hydrogen) atoms. The summed E-state index contributed by atoms with van der Waals surface area (Å²) < 4.78 is 9.81. The van der Waals surface area contributed by atoms with Gasteiger partial charge in [0.2, 0.25) is 0 Å². The molecule has 0 saturated heterocycles. The number of para-hydroxylation sites is 1. The monoisotopic (exact) mass is 555 g/mol. The largest absolute Gasteiger partial charge is 0.466 e. The number of hydrogen-bond donors (Lipinski definition) is 0. The molecular formula is C33H37N3O3S. The van der Waals surface area contributed by atoms with Crippen molar-refractivity contribution in [2.75, 3.05) is 7.11 Å². The van der Waals surface area contributed by atoms with Crippen LogP contribution in [0.5, 0.6) is 0 Å². The van der Waals surface area contributed by atoms with E-state index in [4.69, 9.17) is 9.73 Å². The fraction of sp³-hybridized carbons (Fsp3) is 0.364. The van der Waals surface area contributed by atoms with Gasteiger partial charge in [0.15, 0.2) is 4.80 Å². The highest BCUT2D eigenvalue weighted by Gasteiger charge is 2.33. The van der Waals surface area contributed by atoms with Crippen LogP contribution in [-0.2, 0) is 9.53 Å². The molecular weight excluding hydrogens is 518 g/mol. The minimum atomic E-state index is -0.614. The number of carbonyl (C=O) groups excluding carboxylic acids is 1. The Hall–Kier alpha value is -3.71. The number of benzene rings is 2. The molecule has 2 aromatic heterocycles. The maximum atomic E-state index is 14.2. The predicted molar refractivity (Wildman–Crippen MR) is 163 cm³/mol. The summed E-state index contributed by atoms with van der Waals surface area (Å²) >= 11 is 1.37. The number of carbonyl (C=O) groups is 1. The Morgan fingerprint density at radius 1 is 1.10 bits per heavy atom. The molecule has 1 aliphatic heterocycles. The minimum Gasteiger partial charge on any atom is -0.466 e. The second kappa shape index (κ2) is 10.7. The first-order chi connectivity index (χ1) is 19.1. The van der Waals surface area contributed by atoms with Crippen molar-refractivity contribution in [1.29, 1.82) is 0 Å². The minimum absolute atomic E-state index is 0.160. The van der Waals surface area contributed by atoms with Gasteiger partial charge in [-0.15, -0.1) is 0 Å². The van der Waals surface area contributed by atoms with Crippen LogP contribution in [0.2, 0.25) is 0 Å². The van der Waals surface area contributed by atoms with Crippen molar-refractivity contribution in [3.8, 4) is 0 Å². The molecule has 3 heterocycles. The maximum absolute atomic E-state index is 14.2. The molecule has 0 N–H and O–H groups in total. The molecule has 0 aliphatic carbocycles. The number of ether oxygens (including phenoxy) is 1. The van der Waals surface area contributed by atoms with Gasteiger partial charge in [0, 0.05) is 22.7 Å². The lowest BCUT2D eigenvalue weighted by Gasteiger charge is -2.24. The van der Waals surface area contributed by atoms with Crippen molar-refractivity contribution in [3.63, 3.8) is 0 Å². The van der Waals surface area contributed by atoms with Crippen LogP contribution in [-0.4, -0.2) is 22.2 Å². The van der Waals surface area contributed by atoms with Crippen LogP contribution in [0, 0.1) is 13.8 Å². The number of aryl methyl sites for hydroxylation is 1. The van der Waals surface area contributed by atoms with E-state index in [9.17, 15) is 9.59 Å². The van der Waals surface area contributed by atoms with Crippen molar-refractivity contribution in [3.05, 3.63) is 101 Å². The molecule has 1 aliphatic rings. The van der Waals surface area contributed by atoms with Crippen LogP contribution in [0.25, 0.3) is 17.0 Å². The first kappa shape index (κ1) is 27.8. The third kappa shape index (κ3) is 4.46. The topological polar surface area (TPSA) is 65.6 Å². The summed E-state index contributed by atoms with van der Waals surface area (Å²) in [5.41, 5.74) is 7.45. The lowest BCUT2D eigenvalue weighted by atomic mass is 9.93. The zero-order chi connectivity index (χ0) is 28.9. The summed E-state index contributed by atoms with van der Waals surface area (Å²) in [6, 6.07) is 14.2. The first-order valence-electron chi connectivity index (χ1n) is 13.9. The normalized spacial score (nSPS) is 16.4. The van der Waals surface area contributed by atoms with Crippen molar-refractivity contribution in [1.82, 2.24) is 9.13 Å². The maximum Gasteiger partial charge on any atom is 0.338 e. The zero-order valence-corrected chi connectivity index (χ0v) is 25.3. The van der Waals surface area contributed by atoms with E-state index in [2.05, 4.69) is 76.4 Å². The van der Waals surface area contributed by atoms with E-state index >= 15 is 0 Å². The molecule has 2 atom stereocenters. The van der Waals surface area contributed by atoms with Crippen LogP contribution in [0.4, 0.5) is 0 Å². The number of esters is 1. The van der Waals surface area contributed by atoms with E-state index in [1.54, 1.807) is 4.57 Å². The summed E-state index contributed by atoms with van der Waals surface area (Å²) in [6.45, 7) is 14.8. The van der Waals surface area contributed by atoms with Gasteiger partial charge in [-0.25, -0.2) is 9.79 Å². The Kier molecular flexibility index (Phi) is 7.44. The van der Waals surface area contributed by atoms with Crippen LogP contribution in [0.1, 0.15) is 87.0 Å². The molecule has 6 nitrogen and oxygen atoms in total. The molecule has 5 rings (SSSR count). The quantitative estimate of drug-likeness (QED) is 0.271. The molecule has 0 radical (unpaired) electrons. The van der Waals surface area contributed by atoms with Crippen molar-refractivity contribution in [2.45, 2.75) is 72.9 Å². The summed E-state index contributed by atoms with van der Waals surface area (Å²) in [7, 11) is 1.37. The number of nitrogens with zero attached hydrogens (tertiary/aromatic N) is 3. The van der Waals surface area contributed by atoms with Crippen LogP contribution >= 0.6 is 11.3 Å². The summed E-state index contributed by atoms with van der Waals surface area (Å²) in [6.07, 6.45) is 3.02. The van der Waals surface area contributed by atoms with E-state index in [-0.39, 0.29) is 5.56 Å². The Bertz CT molecular complexity index is 1830. The zero-order valence-electron chi connectivity index (χ0n) is 24.5. The lowest BCUT2D eigenvalue weighted by molar-refractivity contribution is -0.136. The highest BCUT2D eigenvalue weighted by atomic mass is 32.1. The Morgan fingerprint density at radius 3 is 2.42 bits per heavy atom. The highest BCUT2D eigenvalue weighted by molar-refractivity contribution is 7.07. The van der Waals surface area contributed by atoms with Gasteiger partial charge in [0.1, 0.15) is 0 Å². The van der Waals surface area contributed by atoms with Crippen LogP contribution in [0.3, 0.4) is 0 Å². The fourth-order valence-corrected chi connectivity index (χ4v) is 6.83. The molecule has 4 aromatic rings. The molecule has 7 heteroatoms. The molecule has 0 fully saturated rings. The number of thiazole rings is 1. The van der Waals surface area contributed by atoms with Gasteiger partial charge < -0.3 is 9.30 Å². The average Bonchev–Trinajstić information content (AvgIpc) is 3.40. The smallest absolute Gasteiger partial charge is 0.338 e. The van der Waals surface area contributed by atoms with Crippen molar-refractivity contribution >= 4 is 34.3 Å². The van der Waals surface area contributed by atoms with Crippen LogP contribution in [0.15, 0.2) is 63.5 Å². The summed E-state index contributed by atoms with van der Waals surface area (Å²) in [4.78, 5) is 32.5. The standard InChI is InChI=1S/C33H37N3O3S/c1-9-20(5)35-22(7)26(25-12-10-11-19(4)29(25)35)17-27-31(37)36-30(24-15-13-23(14-16-24)18(2)3)28(32(38)39-8)21(6)34-33(36)40-27/h10-18,20,30H,9H2,1-8H3/b27-17-/t20-,30-/m1/s1. The van der Waals surface area contributed by atoms with Gasteiger partial charge in [-0.1, -0.05) is 74.6 Å². The number of methoxy groups -OCH3 is 1. The Labute approximate surface area is 239 Å². The van der Waals surface area contributed by atoms with E-state index in [1.807, 2.05) is 25.1 Å². The van der Waals surface area contributed by atoms with E-state index in [0.717, 1.165) is 28.6 Å². The number of allylic oxidation sites excluding steroid dienone is 1.